The van der Waals surface area contributed by atoms with Crippen LogP contribution < -0.4 is 15.4 Å². The molecule has 7 nitrogen and oxygen atoms in total. The van der Waals surface area contributed by atoms with Crippen LogP contribution in [0.15, 0.2) is 46.9 Å². The van der Waals surface area contributed by atoms with Crippen LogP contribution in [0.3, 0.4) is 0 Å². The Morgan fingerprint density at radius 2 is 2.03 bits per heavy atom. The maximum Gasteiger partial charge on any atom is 0.255 e. The van der Waals surface area contributed by atoms with Crippen molar-refractivity contribution in [2.45, 2.75) is 19.4 Å². The van der Waals surface area contributed by atoms with Crippen molar-refractivity contribution in [1.82, 2.24) is 10.3 Å². The molecule has 0 saturated heterocycles. The second-order valence-electron chi connectivity index (χ2n) is 6.41. The van der Waals surface area contributed by atoms with Crippen LogP contribution in [0.5, 0.6) is 5.75 Å². The number of benzene rings is 2. The number of carbonyl (C=O) groups excluding carboxylic acids is 2. The van der Waals surface area contributed by atoms with Crippen LogP contribution >= 0.6 is 11.8 Å². The fourth-order valence-electron chi connectivity index (χ4n) is 2.92. The molecule has 0 saturated carbocycles. The zero-order valence-corrected chi connectivity index (χ0v) is 17.3. The number of nitrogens with one attached hydrogen (secondary N) is 2. The van der Waals surface area contributed by atoms with E-state index in [-0.39, 0.29) is 11.8 Å². The standard InChI is InChI=1S/C21H23N3O4S/c1-13-22-17-12-14(8-9-19(17)28-13)23-21(26)16(10-11-29-3)24-20(25)15-6-4-5-7-18(15)27-2/h4-9,12,16H,10-11H2,1-3H3,(H,23,26)(H,24,25). The Hall–Kier alpha value is -3.00. The topological polar surface area (TPSA) is 93.5 Å². The number of fused-ring (bicyclic) bond motifs is 1. The van der Waals surface area contributed by atoms with Gasteiger partial charge in [-0.05, 0) is 48.8 Å². The van der Waals surface area contributed by atoms with Crippen molar-refractivity contribution < 1.29 is 18.7 Å². The van der Waals surface area contributed by atoms with Crippen LogP contribution in [-0.4, -0.2) is 42.0 Å². The molecular weight excluding hydrogens is 390 g/mol. The Bertz CT molecular complexity index is 1020. The number of hydrogen-bond donors (Lipinski definition) is 2. The molecule has 0 aliphatic heterocycles. The minimum Gasteiger partial charge on any atom is -0.496 e. The van der Waals surface area contributed by atoms with Gasteiger partial charge in [-0.1, -0.05) is 12.1 Å². The summed E-state index contributed by atoms with van der Waals surface area (Å²) in [4.78, 5) is 29.9. The molecule has 152 valence electrons. The summed E-state index contributed by atoms with van der Waals surface area (Å²) in [6.07, 6.45) is 2.46. The number of aryl methyl sites for hydroxylation is 1. The van der Waals surface area contributed by atoms with Crippen LogP contribution in [0.1, 0.15) is 22.7 Å². The van der Waals surface area contributed by atoms with Crippen LogP contribution in [0, 0.1) is 6.92 Å². The van der Waals surface area contributed by atoms with Crippen LogP contribution in [0.25, 0.3) is 11.1 Å². The van der Waals surface area contributed by atoms with E-state index in [2.05, 4.69) is 15.6 Å². The largest absolute Gasteiger partial charge is 0.496 e. The van der Waals surface area contributed by atoms with E-state index in [9.17, 15) is 9.59 Å². The molecule has 3 rings (SSSR count). The first-order valence-electron chi connectivity index (χ1n) is 9.12. The van der Waals surface area contributed by atoms with Gasteiger partial charge in [0.2, 0.25) is 5.91 Å². The third-order valence-corrected chi connectivity index (χ3v) is 4.99. The Labute approximate surface area is 173 Å². The van der Waals surface area contributed by atoms with Crippen molar-refractivity contribution in [3.8, 4) is 5.75 Å². The summed E-state index contributed by atoms with van der Waals surface area (Å²) in [5.41, 5.74) is 2.30. The number of hydrogen-bond acceptors (Lipinski definition) is 6. The lowest BCUT2D eigenvalue weighted by Gasteiger charge is -2.19. The zero-order valence-electron chi connectivity index (χ0n) is 16.5. The van der Waals surface area contributed by atoms with Crippen molar-refractivity contribution >= 4 is 40.4 Å². The number of oxazole rings is 1. The zero-order chi connectivity index (χ0) is 20.8. The van der Waals surface area contributed by atoms with Crippen molar-refractivity contribution in [1.29, 1.82) is 0 Å². The molecule has 1 atom stereocenters. The molecule has 2 N–H and O–H groups in total. The Kier molecular flexibility index (Phi) is 6.77. The second-order valence-corrected chi connectivity index (χ2v) is 7.40. The van der Waals surface area contributed by atoms with E-state index < -0.39 is 6.04 Å². The van der Waals surface area contributed by atoms with Crippen molar-refractivity contribution in [3.05, 3.63) is 53.9 Å². The molecule has 2 amide bonds. The predicted molar refractivity (Wildman–Crippen MR) is 115 cm³/mol. The highest BCUT2D eigenvalue weighted by molar-refractivity contribution is 7.98. The van der Waals surface area contributed by atoms with E-state index in [0.717, 1.165) is 5.75 Å². The average Bonchev–Trinajstić information content (AvgIpc) is 3.10. The summed E-state index contributed by atoms with van der Waals surface area (Å²) >= 11 is 1.61. The number of methoxy groups -OCH3 is 1. The highest BCUT2D eigenvalue weighted by Gasteiger charge is 2.23. The summed E-state index contributed by atoms with van der Waals surface area (Å²) < 4.78 is 10.7. The molecule has 0 radical (unpaired) electrons. The highest BCUT2D eigenvalue weighted by Crippen LogP contribution is 2.21. The molecule has 1 unspecified atom stereocenters. The first-order chi connectivity index (χ1) is 14.0. The van der Waals surface area contributed by atoms with E-state index >= 15 is 0 Å². The molecule has 3 aromatic rings. The molecule has 8 heteroatoms. The van der Waals surface area contributed by atoms with Gasteiger partial charge in [-0.15, -0.1) is 0 Å². The number of ether oxygens (including phenoxy) is 1. The third kappa shape index (κ3) is 5.08. The lowest BCUT2D eigenvalue weighted by atomic mass is 10.1. The first kappa shape index (κ1) is 20.7. The maximum atomic E-state index is 12.9. The molecule has 0 aliphatic rings. The minimum absolute atomic E-state index is 0.290. The minimum atomic E-state index is -0.686. The molecule has 0 bridgehead atoms. The lowest BCUT2D eigenvalue weighted by Crippen LogP contribution is -2.44. The number of carbonyl (C=O) groups is 2. The quantitative estimate of drug-likeness (QED) is 0.586. The Balaban J connectivity index is 1.75. The summed E-state index contributed by atoms with van der Waals surface area (Å²) in [6.45, 7) is 1.77. The Morgan fingerprint density at radius 1 is 1.24 bits per heavy atom. The van der Waals surface area contributed by atoms with Gasteiger partial charge in [0.1, 0.15) is 17.3 Å². The number of amides is 2. The number of aromatic nitrogens is 1. The fourth-order valence-corrected chi connectivity index (χ4v) is 3.39. The number of nitrogens with zero attached hydrogens (tertiary/aromatic N) is 1. The number of anilines is 1. The van der Waals surface area contributed by atoms with Gasteiger partial charge >= 0.3 is 0 Å². The summed E-state index contributed by atoms with van der Waals surface area (Å²) in [5, 5.41) is 5.69. The van der Waals surface area contributed by atoms with E-state index in [1.54, 1.807) is 61.2 Å². The number of thioether (sulfide) groups is 1. The Morgan fingerprint density at radius 3 is 2.79 bits per heavy atom. The monoisotopic (exact) mass is 413 g/mol. The van der Waals surface area contributed by atoms with Gasteiger partial charge in [0.15, 0.2) is 11.5 Å². The van der Waals surface area contributed by atoms with E-state index in [0.29, 0.717) is 40.4 Å². The van der Waals surface area contributed by atoms with Crippen molar-refractivity contribution in [2.24, 2.45) is 0 Å². The fraction of sp³-hybridized carbons (Fsp3) is 0.286. The summed E-state index contributed by atoms with van der Waals surface area (Å²) in [6, 6.07) is 11.5. The van der Waals surface area contributed by atoms with E-state index in [1.807, 2.05) is 6.26 Å². The van der Waals surface area contributed by atoms with Gasteiger partial charge in [0, 0.05) is 12.6 Å². The van der Waals surface area contributed by atoms with Gasteiger partial charge in [-0.25, -0.2) is 4.98 Å². The normalized spacial score (nSPS) is 11.8. The molecule has 2 aromatic carbocycles. The molecule has 0 spiro atoms. The SMILES string of the molecule is COc1ccccc1C(=O)NC(CCSC)C(=O)Nc1ccc2oc(C)nc2c1. The molecule has 0 fully saturated rings. The average molecular weight is 413 g/mol. The van der Waals surface area contributed by atoms with Crippen molar-refractivity contribution in [2.75, 3.05) is 24.4 Å². The number of para-hydroxylation sites is 1. The van der Waals surface area contributed by atoms with E-state index in [4.69, 9.17) is 9.15 Å². The molecular formula is C21H23N3O4S. The molecule has 29 heavy (non-hydrogen) atoms. The highest BCUT2D eigenvalue weighted by atomic mass is 32.2. The molecule has 1 aromatic heterocycles. The maximum absolute atomic E-state index is 12.9. The number of rotatable bonds is 8. The van der Waals surface area contributed by atoms with Crippen molar-refractivity contribution in [3.63, 3.8) is 0 Å². The lowest BCUT2D eigenvalue weighted by molar-refractivity contribution is -0.118. The van der Waals surface area contributed by atoms with E-state index in [1.165, 1.54) is 7.11 Å². The molecule has 0 aliphatic carbocycles. The van der Waals surface area contributed by atoms with Crippen LogP contribution in [-0.2, 0) is 4.79 Å². The van der Waals surface area contributed by atoms with Gasteiger partial charge in [-0.3, -0.25) is 9.59 Å². The van der Waals surface area contributed by atoms with Crippen LogP contribution in [0.4, 0.5) is 5.69 Å². The van der Waals surface area contributed by atoms with Gasteiger partial charge in [-0.2, -0.15) is 11.8 Å². The van der Waals surface area contributed by atoms with Crippen LogP contribution in [0.2, 0.25) is 0 Å². The summed E-state index contributed by atoms with van der Waals surface area (Å²) in [5.74, 6) is 1.10. The van der Waals surface area contributed by atoms with Gasteiger partial charge in [0.25, 0.3) is 5.91 Å². The summed E-state index contributed by atoms with van der Waals surface area (Å²) in [7, 11) is 1.51. The molecule has 1 heterocycles. The second kappa shape index (κ2) is 9.47. The predicted octanol–water partition coefficient (Wildman–Crippen LogP) is 3.64. The van der Waals surface area contributed by atoms with Gasteiger partial charge in [0.05, 0.1) is 12.7 Å². The van der Waals surface area contributed by atoms with Gasteiger partial charge < -0.3 is 19.8 Å². The first-order valence-corrected chi connectivity index (χ1v) is 10.5. The third-order valence-electron chi connectivity index (χ3n) is 4.35. The smallest absolute Gasteiger partial charge is 0.255 e.